The average molecular weight is 277 g/mol. The second-order valence-electron chi connectivity index (χ2n) is 6.49. The summed E-state index contributed by atoms with van der Waals surface area (Å²) in [6, 6.07) is 6.68. The van der Waals surface area contributed by atoms with Crippen LogP contribution in [0.5, 0.6) is 5.75 Å². The van der Waals surface area contributed by atoms with E-state index >= 15 is 0 Å². The number of benzene rings is 1. The molecule has 114 valence electrons. The maximum absolute atomic E-state index is 5.96. The fourth-order valence-electron chi connectivity index (χ4n) is 2.30. The van der Waals surface area contributed by atoms with Gasteiger partial charge in [-0.3, -0.25) is 0 Å². The smallest absolute Gasteiger partial charge is 0.122 e. The van der Waals surface area contributed by atoms with Crippen LogP contribution in [-0.2, 0) is 0 Å². The minimum absolute atomic E-state index is 0.485. The standard InChI is InChI=1S/C18H31NO/c1-13(2)12-20-18-9-8-16(11-17(18)14(3)4)15(5)7-6-10-19/h8-9,11,13-15H,6-7,10,12,19H2,1-5H3. The Bertz CT molecular complexity index is 398. The molecule has 1 atom stereocenters. The van der Waals surface area contributed by atoms with Crippen molar-refractivity contribution in [2.75, 3.05) is 13.2 Å². The van der Waals surface area contributed by atoms with Gasteiger partial charge in [0.2, 0.25) is 0 Å². The number of hydrogen-bond acceptors (Lipinski definition) is 2. The summed E-state index contributed by atoms with van der Waals surface area (Å²) in [6.45, 7) is 12.6. The van der Waals surface area contributed by atoms with Gasteiger partial charge in [-0.25, -0.2) is 0 Å². The van der Waals surface area contributed by atoms with E-state index in [0.717, 1.165) is 31.7 Å². The van der Waals surface area contributed by atoms with Gasteiger partial charge in [-0.1, -0.05) is 46.8 Å². The van der Waals surface area contributed by atoms with Crippen molar-refractivity contribution < 1.29 is 4.74 Å². The second-order valence-corrected chi connectivity index (χ2v) is 6.49. The van der Waals surface area contributed by atoms with E-state index in [4.69, 9.17) is 10.5 Å². The maximum Gasteiger partial charge on any atom is 0.122 e. The molecule has 0 aromatic heterocycles. The molecule has 0 spiro atoms. The molecule has 1 aromatic carbocycles. The summed E-state index contributed by atoms with van der Waals surface area (Å²) < 4.78 is 5.96. The Balaban J connectivity index is 2.88. The van der Waals surface area contributed by atoms with Crippen molar-refractivity contribution in [2.45, 2.75) is 59.3 Å². The van der Waals surface area contributed by atoms with Crippen LogP contribution in [0.15, 0.2) is 18.2 Å². The summed E-state index contributed by atoms with van der Waals surface area (Å²) >= 11 is 0. The first-order chi connectivity index (χ1) is 9.45. The zero-order valence-electron chi connectivity index (χ0n) is 13.8. The topological polar surface area (TPSA) is 35.2 Å². The highest BCUT2D eigenvalue weighted by molar-refractivity contribution is 5.40. The summed E-state index contributed by atoms with van der Waals surface area (Å²) in [5, 5.41) is 0. The molecule has 1 rings (SSSR count). The van der Waals surface area contributed by atoms with Crippen molar-refractivity contribution in [3.8, 4) is 5.75 Å². The van der Waals surface area contributed by atoms with Crippen LogP contribution in [0.2, 0.25) is 0 Å². The van der Waals surface area contributed by atoms with Crippen LogP contribution in [0, 0.1) is 5.92 Å². The number of hydrogen-bond donors (Lipinski definition) is 1. The molecule has 0 bridgehead atoms. The number of rotatable bonds is 8. The first-order valence-electron chi connectivity index (χ1n) is 7.92. The molecule has 0 saturated heterocycles. The number of nitrogens with two attached hydrogens (primary N) is 1. The monoisotopic (exact) mass is 277 g/mol. The first-order valence-corrected chi connectivity index (χ1v) is 7.92. The van der Waals surface area contributed by atoms with E-state index in [1.54, 1.807) is 0 Å². The largest absolute Gasteiger partial charge is 0.493 e. The summed E-state index contributed by atoms with van der Waals surface area (Å²) in [7, 11) is 0. The summed E-state index contributed by atoms with van der Waals surface area (Å²) in [5.41, 5.74) is 8.33. The molecule has 0 heterocycles. The third kappa shape index (κ3) is 5.16. The third-order valence-electron chi connectivity index (χ3n) is 3.64. The lowest BCUT2D eigenvalue weighted by Crippen LogP contribution is -2.08. The molecule has 0 aliphatic rings. The van der Waals surface area contributed by atoms with Gasteiger partial charge in [0.15, 0.2) is 0 Å². The lowest BCUT2D eigenvalue weighted by atomic mass is 9.91. The van der Waals surface area contributed by atoms with Crippen molar-refractivity contribution in [1.29, 1.82) is 0 Å². The van der Waals surface area contributed by atoms with E-state index in [1.807, 2.05) is 0 Å². The summed E-state index contributed by atoms with van der Waals surface area (Å²) in [6.07, 6.45) is 2.24. The molecule has 2 heteroatoms. The van der Waals surface area contributed by atoms with Crippen molar-refractivity contribution in [3.63, 3.8) is 0 Å². The molecule has 0 fully saturated rings. The van der Waals surface area contributed by atoms with E-state index in [-0.39, 0.29) is 0 Å². The average Bonchev–Trinajstić information content (AvgIpc) is 2.42. The van der Waals surface area contributed by atoms with Crippen LogP contribution in [0.25, 0.3) is 0 Å². The van der Waals surface area contributed by atoms with Crippen LogP contribution in [0.3, 0.4) is 0 Å². The molecule has 2 nitrogen and oxygen atoms in total. The lowest BCUT2D eigenvalue weighted by Gasteiger charge is -2.19. The van der Waals surface area contributed by atoms with Crippen molar-refractivity contribution in [3.05, 3.63) is 29.3 Å². The molecule has 0 aliphatic carbocycles. The molecular weight excluding hydrogens is 246 g/mol. The molecule has 0 saturated carbocycles. The molecule has 0 aliphatic heterocycles. The molecular formula is C18H31NO. The van der Waals surface area contributed by atoms with Gasteiger partial charge in [0, 0.05) is 0 Å². The Morgan fingerprint density at radius 1 is 1.10 bits per heavy atom. The molecule has 2 N–H and O–H groups in total. The van der Waals surface area contributed by atoms with Gasteiger partial charge < -0.3 is 10.5 Å². The van der Waals surface area contributed by atoms with E-state index in [2.05, 4.69) is 52.8 Å². The molecule has 0 radical (unpaired) electrons. The summed E-state index contributed by atoms with van der Waals surface area (Å²) in [4.78, 5) is 0. The minimum atomic E-state index is 0.485. The quantitative estimate of drug-likeness (QED) is 0.748. The zero-order chi connectivity index (χ0) is 15.1. The lowest BCUT2D eigenvalue weighted by molar-refractivity contribution is 0.267. The third-order valence-corrected chi connectivity index (χ3v) is 3.64. The van der Waals surface area contributed by atoms with Gasteiger partial charge >= 0.3 is 0 Å². The second kappa shape index (κ2) is 8.31. The Morgan fingerprint density at radius 2 is 1.80 bits per heavy atom. The van der Waals surface area contributed by atoms with Gasteiger partial charge in [-0.05, 0) is 54.3 Å². The zero-order valence-corrected chi connectivity index (χ0v) is 13.8. The fraction of sp³-hybridized carbons (Fsp3) is 0.667. The van der Waals surface area contributed by atoms with Crippen LogP contribution in [0.4, 0.5) is 0 Å². The van der Waals surface area contributed by atoms with Gasteiger partial charge in [0.1, 0.15) is 5.75 Å². The van der Waals surface area contributed by atoms with E-state index in [0.29, 0.717) is 17.8 Å². The normalized spacial score (nSPS) is 13.0. The van der Waals surface area contributed by atoms with E-state index in [9.17, 15) is 0 Å². The van der Waals surface area contributed by atoms with Crippen LogP contribution in [0.1, 0.15) is 70.4 Å². The van der Waals surface area contributed by atoms with Gasteiger partial charge in [-0.2, -0.15) is 0 Å². The predicted molar refractivity (Wildman–Crippen MR) is 87.6 cm³/mol. The van der Waals surface area contributed by atoms with E-state index in [1.165, 1.54) is 11.1 Å². The molecule has 20 heavy (non-hydrogen) atoms. The Hall–Kier alpha value is -1.02. The highest BCUT2D eigenvalue weighted by Gasteiger charge is 2.13. The van der Waals surface area contributed by atoms with Crippen LogP contribution < -0.4 is 10.5 Å². The molecule has 0 amide bonds. The van der Waals surface area contributed by atoms with Crippen LogP contribution in [-0.4, -0.2) is 13.2 Å². The van der Waals surface area contributed by atoms with Gasteiger partial charge in [-0.15, -0.1) is 0 Å². The molecule has 1 unspecified atom stereocenters. The van der Waals surface area contributed by atoms with Crippen molar-refractivity contribution in [1.82, 2.24) is 0 Å². The fourth-order valence-corrected chi connectivity index (χ4v) is 2.30. The Labute approximate surface area is 124 Å². The van der Waals surface area contributed by atoms with Gasteiger partial charge in [0.25, 0.3) is 0 Å². The maximum atomic E-state index is 5.96. The SMILES string of the molecule is CC(C)COc1ccc(C(C)CCCN)cc1C(C)C. The van der Waals surface area contributed by atoms with Crippen molar-refractivity contribution >= 4 is 0 Å². The summed E-state index contributed by atoms with van der Waals surface area (Å²) in [5.74, 6) is 2.65. The highest BCUT2D eigenvalue weighted by Crippen LogP contribution is 2.31. The minimum Gasteiger partial charge on any atom is -0.493 e. The number of ether oxygens (including phenoxy) is 1. The predicted octanol–water partition coefficient (Wildman–Crippen LogP) is 4.69. The van der Waals surface area contributed by atoms with Gasteiger partial charge in [0.05, 0.1) is 6.61 Å². The Kier molecular flexibility index (Phi) is 7.08. The highest BCUT2D eigenvalue weighted by atomic mass is 16.5. The first kappa shape index (κ1) is 17.0. The van der Waals surface area contributed by atoms with Crippen LogP contribution >= 0.6 is 0 Å². The Morgan fingerprint density at radius 3 is 2.35 bits per heavy atom. The molecule has 1 aromatic rings. The van der Waals surface area contributed by atoms with E-state index < -0.39 is 0 Å². The van der Waals surface area contributed by atoms with Crippen molar-refractivity contribution in [2.24, 2.45) is 11.7 Å².